The summed E-state index contributed by atoms with van der Waals surface area (Å²) in [4.78, 5) is 19.3. The molecule has 6 rings (SSSR count). The highest BCUT2D eigenvalue weighted by atomic mass is 19.1. The Morgan fingerprint density at radius 2 is 2.16 bits per heavy atom. The van der Waals surface area contributed by atoms with Gasteiger partial charge in [0.05, 0.1) is 6.04 Å². The van der Waals surface area contributed by atoms with E-state index in [1.807, 2.05) is 12.1 Å². The fourth-order valence-corrected chi connectivity index (χ4v) is 4.40. The Hall–Kier alpha value is -3.88. The van der Waals surface area contributed by atoms with E-state index in [9.17, 15) is 9.18 Å². The lowest BCUT2D eigenvalue weighted by Gasteiger charge is -2.29. The van der Waals surface area contributed by atoms with E-state index in [1.54, 1.807) is 24.0 Å². The second-order valence-electron chi connectivity index (χ2n) is 7.79. The Labute approximate surface area is 176 Å². The average molecular weight is 419 g/mol. The van der Waals surface area contributed by atoms with Gasteiger partial charge in [-0.2, -0.15) is 5.10 Å². The van der Waals surface area contributed by atoms with E-state index in [0.717, 1.165) is 17.5 Å². The van der Waals surface area contributed by atoms with Gasteiger partial charge in [0.15, 0.2) is 5.82 Å². The number of amides is 1. The number of halogens is 1. The van der Waals surface area contributed by atoms with E-state index < -0.39 is 5.82 Å². The maximum absolute atomic E-state index is 14.4. The normalized spacial score (nSPS) is 18.9. The van der Waals surface area contributed by atoms with Gasteiger partial charge >= 0.3 is 6.09 Å². The SMILES string of the molecule is Cc1cccc(F)c1N1N=c2c(-c3ccc4c(c3)C3COC(=O)N3CC4)n[nH]c2=CO1. The highest BCUT2D eigenvalue weighted by Gasteiger charge is 2.38. The number of hydrogen-bond acceptors (Lipinski definition) is 6. The molecule has 0 bridgehead atoms. The van der Waals surface area contributed by atoms with Gasteiger partial charge in [-0.15, -0.1) is 5.10 Å². The third-order valence-electron chi connectivity index (χ3n) is 5.98. The van der Waals surface area contributed by atoms with E-state index in [4.69, 9.17) is 9.57 Å². The Kier molecular flexibility index (Phi) is 3.80. The van der Waals surface area contributed by atoms with Crippen molar-refractivity contribution in [1.82, 2.24) is 15.1 Å². The van der Waals surface area contributed by atoms with Crippen LogP contribution in [0.4, 0.5) is 14.9 Å². The largest absolute Gasteiger partial charge is 0.447 e. The Bertz CT molecular complexity index is 1330. The highest BCUT2D eigenvalue weighted by Crippen LogP contribution is 2.36. The molecule has 1 unspecified atom stereocenters. The fraction of sp³-hybridized carbons (Fsp3) is 0.227. The number of nitrogens with zero attached hydrogens (tertiary/aromatic N) is 4. The zero-order valence-corrected chi connectivity index (χ0v) is 16.6. The molecule has 156 valence electrons. The van der Waals surface area contributed by atoms with Crippen molar-refractivity contribution in [3.05, 3.63) is 69.6 Å². The monoisotopic (exact) mass is 419 g/mol. The van der Waals surface area contributed by atoms with E-state index >= 15 is 0 Å². The number of rotatable bonds is 2. The van der Waals surface area contributed by atoms with Gasteiger partial charge in [-0.05, 0) is 42.2 Å². The Morgan fingerprint density at radius 1 is 1.26 bits per heavy atom. The molecular formula is C22H18FN5O3. The van der Waals surface area contributed by atoms with Crippen LogP contribution < -0.4 is 15.9 Å². The fourth-order valence-electron chi connectivity index (χ4n) is 4.40. The zero-order valence-electron chi connectivity index (χ0n) is 16.6. The summed E-state index contributed by atoms with van der Waals surface area (Å²) >= 11 is 0. The predicted molar refractivity (Wildman–Crippen MR) is 108 cm³/mol. The van der Waals surface area contributed by atoms with E-state index in [1.165, 1.54) is 23.1 Å². The highest BCUT2D eigenvalue weighted by molar-refractivity contribution is 5.72. The van der Waals surface area contributed by atoms with Crippen molar-refractivity contribution in [2.24, 2.45) is 5.10 Å². The second kappa shape index (κ2) is 6.56. The molecule has 9 heteroatoms. The molecule has 1 N–H and O–H groups in total. The first-order valence-corrected chi connectivity index (χ1v) is 10.0. The summed E-state index contributed by atoms with van der Waals surface area (Å²) < 4.78 is 19.7. The first-order chi connectivity index (χ1) is 15.1. The molecule has 1 saturated heterocycles. The molecule has 0 aliphatic carbocycles. The summed E-state index contributed by atoms with van der Waals surface area (Å²) in [6.45, 7) is 2.80. The summed E-state index contributed by atoms with van der Waals surface area (Å²) in [5, 5.41) is 14.2. The number of fused-ring (bicyclic) bond motifs is 4. The maximum Gasteiger partial charge on any atom is 0.410 e. The molecule has 4 heterocycles. The molecule has 3 aromatic rings. The van der Waals surface area contributed by atoms with E-state index in [-0.39, 0.29) is 17.8 Å². The maximum atomic E-state index is 14.4. The smallest absolute Gasteiger partial charge is 0.410 e. The number of anilines is 1. The third kappa shape index (κ3) is 2.69. The van der Waals surface area contributed by atoms with Crippen molar-refractivity contribution >= 4 is 18.0 Å². The van der Waals surface area contributed by atoms with Gasteiger partial charge < -0.3 is 9.57 Å². The number of aromatic nitrogens is 2. The van der Waals surface area contributed by atoms with Gasteiger partial charge in [0.25, 0.3) is 0 Å². The van der Waals surface area contributed by atoms with Crippen molar-refractivity contribution in [2.45, 2.75) is 19.4 Å². The standard InChI is InChI=1S/C22H18FN5O3/c1-12-3-2-4-16(23)21(12)28-26-20-17(10-31-28)24-25-19(20)14-6-5-13-7-8-27-18(15(13)9-14)11-30-22(27)29/h2-6,9-10,18,24H,7-8,11H2,1H3. The first kappa shape index (κ1) is 17.9. The Balaban J connectivity index is 1.45. The number of aromatic amines is 1. The summed E-state index contributed by atoms with van der Waals surface area (Å²) in [5.74, 6) is -0.426. The summed E-state index contributed by atoms with van der Waals surface area (Å²) in [6, 6.07) is 10.8. The second-order valence-corrected chi connectivity index (χ2v) is 7.79. The van der Waals surface area contributed by atoms with Crippen LogP contribution in [0.1, 0.15) is 22.7 Å². The molecule has 1 amide bonds. The van der Waals surface area contributed by atoms with Crippen molar-refractivity contribution in [3.8, 4) is 11.3 Å². The van der Waals surface area contributed by atoms with Gasteiger partial charge in [-0.25, -0.2) is 9.18 Å². The number of ether oxygens (including phenoxy) is 1. The van der Waals surface area contributed by atoms with Gasteiger partial charge in [-0.3, -0.25) is 10.00 Å². The summed E-state index contributed by atoms with van der Waals surface area (Å²) in [6.07, 6.45) is 1.98. The number of carbonyl (C=O) groups is 1. The molecule has 1 aromatic heterocycles. The number of hydrogen-bond donors (Lipinski definition) is 1. The van der Waals surface area contributed by atoms with Gasteiger partial charge in [0.2, 0.25) is 0 Å². The van der Waals surface area contributed by atoms with Crippen molar-refractivity contribution in [1.29, 1.82) is 0 Å². The van der Waals surface area contributed by atoms with Crippen LogP contribution in [-0.4, -0.2) is 34.3 Å². The third-order valence-corrected chi connectivity index (χ3v) is 5.98. The molecule has 0 radical (unpaired) electrons. The van der Waals surface area contributed by atoms with Gasteiger partial charge in [0.1, 0.15) is 35.0 Å². The van der Waals surface area contributed by atoms with Crippen LogP contribution in [0.3, 0.4) is 0 Å². The first-order valence-electron chi connectivity index (χ1n) is 10.0. The minimum Gasteiger partial charge on any atom is -0.447 e. The number of aryl methyl sites for hydroxylation is 1. The van der Waals surface area contributed by atoms with Crippen LogP contribution in [-0.2, 0) is 16.0 Å². The van der Waals surface area contributed by atoms with Crippen molar-refractivity contribution < 1.29 is 18.8 Å². The minimum absolute atomic E-state index is 0.0876. The van der Waals surface area contributed by atoms with Crippen molar-refractivity contribution in [2.75, 3.05) is 18.3 Å². The lowest BCUT2D eigenvalue weighted by atomic mass is 9.91. The van der Waals surface area contributed by atoms with Crippen LogP contribution in [0, 0.1) is 12.7 Å². The number of carbonyl (C=O) groups excluding carboxylic acids is 1. The van der Waals surface area contributed by atoms with Crippen LogP contribution in [0.5, 0.6) is 0 Å². The van der Waals surface area contributed by atoms with Crippen LogP contribution in [0.2, 0.25) is 0 Å². The molecule has 0 saturated carbocycles. The van der Waals surface area contributed by atoms with E-state index in [2.05, 4.69) is 21.4 Å². The van der Waals surface area contributed by atoms with Crippen LogP contribution >= 0.6 is 0 Å². The average Bonchev–Trinajstić information content (AvgIpc) is 3.37. The summed E-state index contributed by atoms with van der Waals surface area (Å²) in [5.41, 5.74) is 4.68. The number of nitrogens with one attached hydrogen (secondary N) is 1. The lowest BCUT2D eigenvalue weighted by Crippen LogP contribution is -2.35. The van der Waals surface area contributed by atoms with Gasteiger partial charge in [0, 0.05) is 12.1 Å². The van der Waals surface area contributed by atoms with Crippen molar-refractivity contribution in [3.63, 3.8) is 0 Å². The molecule has 3 aliphatic heterocycles. The molecule has 1 atom stereocenters. The predicted octanol–water partition coefficient (Wildman–Crippen LogP) is 2.30. The van der Waals surface area contributed by atoms with Gasteiger partial charge in [-0.1, -0.05) is 29.4 Å². The van der Waals surface area contributed by atoms with Crippen LogP contribution in [0.15, 0.2) is 41.5 Å². The quantitative estimate of drug-likeness (QED) is 0.689. The van der Waals surface area contributed by atoms with E-state index in [0.29, 0.717) is 35.1 Å². The van der Waals surface area contributed by atoms with Crippen LogP contribution in [0.25, 0.3) is 17.5 Å². The number of para-hydroxylation sites is 1. The number of cyclic esters (lactones) is 1. The number of benzene rings is 2. The summed E-state index contributed by atoms with van der Waals surface area (Å²) in [7, 11) is 0. The molecular weight excluding hydrogens is 401 g/mol. The molecule has 31 heavy (non-hydrogen) atoms. The topological polar surface area (TPSA) is 83.0 Å². The lowest BCUT2D eigenvalue weighted by molar-refractivity contribution is 0.157. The molecule has 8 nitrogen and oxygen atoms in total. The minimum atomic E-state index is -0.426. The number of H-pyrrole nitrogens is 1. The molecule has 0 spiro atoms. The zero-order chi connectivity index (χ0) is 21.1. The Morgan fingerprint density at radius 3 is 3.03 bits per heavy atom. The molecule has 1 fully saturated rings. The molecule has 3 aliphatic rings. The molecule has 2 aromatic carbocycles.